The second kappa shape index (κ2) is 5.13. The molecule has 0 bridgehead atoms. The molecule has 0 amide bonds. The number of carbonyl (C=O) groups is 1. The van der Waals surface area contributed by atoms with Gasteiger partial charge >= 0.3 is 0 Å². The molecular weight excluding hydrogens is 262 g/mol. The first-order chi connectivity index (χ1) is 10.3. The molecule has 0 aromatic heterocycles. The van der Waals surface area contributed by atoms with Crippen LogP contribution >= 0.6 is 0 Å². The van der Waals surface area contributed by atoms with Crippen molar-refractivity contribution in [1.29, 1.82) is 0 Å². The molecule has 3 heteroatoms. The molecule has 0 radical (unpaired) electrons. The van der Waals surface area contributed by atoms with Gasteiger partial charge in [0.2, 0.25) is 0 Å². The van der Waals surface area contributed by atoms with Crippen molar-refractivity contribution >= 4 is 5.78 Å². The summed E-state index contributed by atoms with van der Waals surface area (Å²) >= 11 is 0. The van der Waals surface area contributed by atoms with Gasteiger partial charge in [0.1, 0.15) is 11.5 Å². The molecule has 1 aliphatic carbocycles. The van der Waals surface area contributed by atoms with Crippen LogP contribution in [0.3, 0.4) is 0 Å². The number of ether oxygens (including phenoxy) is 1. The molecule has 1 saturated heterocycles. The maximum absolute atomic E-state index is 12.2. The van der Waals surface area contributed by atoms with Crippen LogP contribution in [-0.2, 0) is 11.2 Å². The lowest BCUT2D eigenvalue weighted by atomic mass is 9.72. The Balaban J connectivity index is 1.66. The van der Waals surface area contributed by atoms with E-state index in [9.17, 15) is 4.79 Å². The zero-order valence-electron chi connectivity index (χ0n) is 12.7. The van der Waals surface area contributed by atoms with Crippen molar-refractivity contribution in [2.24, 2.45) is 5.92 Å². The molecule has 2 fully saturated rings. The van der Waals surface area contributed by atoms with Crippen LogP contribution in [0.25, 0.3) is 0 Å². The number of hydrogen-bond donors (Lipinski definition) is 0. The van der Waals surface area contributed by atoms with Crippen LogP contribution in [-0.4, -0.2) is 30.4 Å². The SMILES string of the molecule is COc1ccc2c(c1)CCN1[C@@H]2CC[C@H]2C(=O)CCC[C@H]21. The Kier molecular flexibility index (Phi) is 3.26. The van der Waals surface area contributed by atoms with E-state index in [4.69, 9.17) is 4.74 Å². The lowest BCUT2D eigenvalue weighted by Gasteiger charge is -2.50. The summed E-state index contributed by atoms with van der Waals surface area (Å²) in [5, 5.41) is 0. The van der Waals surface area contributed by atoms with Gasteiger partial charge in [-0.05, 0) is 55.4 Å². The fraction of sp³-hybridized carbons (Fsp3) is 0.611. The number of piperidine rings is 1. The number of hydrogen-bond acceptors (Lipinski definition) is 3. The minimum atomic E-state index is 0.315. The van der Waals surface area contributed by atoms with Gasteiger partial charge in [0.25, 0.3) is 0 Å². The van der Waals surface area contributed by atoms with Crippen LogP contribution in [0.4, 0.5) is 0 Å². The maximum atomic E-state index is 12.2. The molecule has 1 saturated carbocycles. The third-order valence-electron chi connectivity index (χ3n) is 5.73. The third-order valence-corrected chi connectivity index (χ3v) is 5.73. The monoisotopic (exact) mass is 285 g/mol. The average molecular weight is 285 g/mol. The fourth-order valence-electron chi connectivity index (χ4n) is 4.73. The molecule has 2 aliphatic heterocycles. The Morgan fingerprint density at radius 2 is 2.10 bits per heavy atom. The number of Topliss-reactive ketones (excluding diaryl/α,β-unsaturated/α-hetero) is 1. The van der Waals surface area contributed by atoms with E-state index in [0.717, 1.165) is 44.4 Å². The molecule has 0 N–H and O–H groups in total. The topological polar surface area (TPSA) is 29.5 Å². The summed E-state index contributed by atoms with van der Waals surface area (Å²) in [5.41, 5.74) is 2.91. The van der Waals surface area contributed by atoms with Crippen LogP contribution in [0.1, 0.15) is 49.3 Å². The molecule has 1 aromatic rings. The molecule has 21 heavy (non-hydrogen) atoms. The van der Waals surface area contributed by atoms with Crippen molar-refractivity contribution in [3.05, 3.63) is 29.3 Å². The highest BCUT2D eigenvalue weighted by Crippen LogP contribution is 2.45. The zero-order valence-corrected chi connectivity index (χ0v) is 12.7. The highest BCUT2D eigenvalue weighted by molar-refractivity contribution is 5.82. The molecule has 0 unspecified atom stereocenters. The summed E-state index contributed by atoms with van der Waals surface area (Å²) in [7, 11) is 1.73. The van der Waals surface area contributed by atoms with E-state index in [1.807, 2.05) is 0 Å². The molecule has 3 atom stereocenters. The normalized spacial score (nSPS) is 32.0. The Labute approximate surface area is 126 Å². The van der Waals surface area contributed by atoms with E-state index in [1.54, 1.807) is 7.11 Å². The summed E-state index contributed by atoms with van der Waals surface area (Å²) in [4.78, 5) is 14.8. The van der Waals surface area contributed by atoms with E-state index in [2.05, 4.69) is 23.1 Å². The molecule has 3 nitrogen and oxygen atoms in total. The highest BCUT2D eigenvalue weighted by Gasteiger charge is 2.44. The van der Waals surface area contributed by atoms with Crippen molar-refractivity contribution < 1.29 is 9.53 Å². The highest BCUT2D eigenvalue weighted by atomic mass is 16.5. The number of rotatable bonds is 1. The first-order valence-electron chi connectivity index (χ1n) is 8.23. The fourth-order valence-corrected chi connectivity index (χ4v) is 4.73. The standard InChI is InChI=1S/C18H23NO2/c1-21-13-5-6-14-12(11-13)9-10-19-16-3-2-4-18(20)15(16)7-8-17(14)19/h5-6,11,15-17H,2-4,7-10H2,1H3/t15-,16-,17-/m1/s1. The van der Waals surface area contributed by atoms with Crippen LogP contribution in [0.2, 0.25) is 0 Å². The Hall–Kier alpha value is -1.35. The van der Waals surface area contributed by atoms with Crippen LogP contribution in [0.5, 0.6) is 5.75 Å². The largest absolute Gasteiger partial charge is 0.497 e. The first kappa shape index (κ1) is 13.3. The quantitative estimate of drug-likeness (QED) is 0.794. The van der Waals surface area contributed by atoms with Crippen LogP contribution in [0, 0.1) is 5.92 Å². The van der Waals surface area contributed by atoms with Crippen molar-refractivity contribution in [2.75, 3.05) is 13.7 Å². The van der Waals surface area contributed by atoms with E-state index >= 15 is 0 Å². The Bertz CT molecular complexity index is 568. The summed E-state index contributed by atoms with van der Waals surface area (Å²) in [6.07, 6.45) is 6.40. The van der Waals surface area contributed by atoms with Crippen molar-refractivity contribution in [3.8, 4) is 5.75 Å². The molecule has 4 rings (SSSR count). The van der Waals surface area contributed by atoms with Crippen LogP contribution in [0.15, 0.2) is 18.2 Å². The van der Waals surface area contributed by atoms with Gasteiger partial charge in [0.05, 0.1) is 7.11 Å². The maximum Gasteiger partial charge on any atom is 0.137 e. The van der Waals surface area contributed by atoms with Gasteiger partial charge in [-0.2, -0.15) is 0 Å². The molecule has 1 aromatic carbocycles. The first-order valence-corrected chi connectivity index (χ1v) is 8.23. The minimum Gasteiger partial charge on any atom is -0.497 e. The summed E-state index contributed by atoms with van der Waals surface area (Å²) in [5.74, 6) is 1.80. The van der Waals surface area contributed by atoms with Gasteiger partial charge in [-0.1, -0.05) is 6.07 Å². The van der Waals surface area contributed by atoms with E-state index < -0.39 is 0 Å². The Morgan fingerprint density at radius 1 is 1.19 bits per heavy atom. The van der Waals surface area contributed by atoms with Gasteiger partial charge in [0, 0.05) is 31.0 Å². The Morgan fingerprint density at radius 3 is 2.95 bits per heavy atom. The van der Waals surface area contributed by atoms with Gasteiger partial charge in [-0.15, -0.1) is 0 Å². The van der Waals surface area contributed by atoms with Crippen molar-refractivity contribution in [3.63, 3.8) is 0 Å². The second-order valence-electron chi connectivity index (χ2n) is 6.68. The van der Waals surface area contributed by atoms with Crippen LogP contribution < -0.4 is 4.74 Å². The number of methoxy groups -OCH3 is 1. The van der Waals surface area contributed by atoms with Crippen molar-refractivity contribution in [1.82, 2.24) is 4.90 Å². The third kappa shape index (κ3) is 2.10. The number of nitrogens with zero attached hydrogens (tertiary/aromatic N) is 1. The van der Waals surface area contributed by atoms with Crippen molar-refractivity contribution in [2.45, 2.75) is 50.6 Å². The van der Waals surface area contributed by atoms with Gasteiger partial charge in [-0.25, -0.2) is 0 Å². The number of ketones is 1. The minimum absolute atomic E-state index is 0.315. The second-order valence-corrected chi connectivity index (χ2v) is 6.68. The van der Waals surface area contributed by atoms with E-state index in [1.165, 1.54) is 17.5 Å². The molecule has 2 heterocycles. The smallest absolute Gasteiger partial charge is 0.137 e. The molecule has 112 valence electrons. The lowest BCUT2D eigenvalue weighted by molar-refractivity contribution is -0.131. The molecular formula is C18H23NO2. The van der Waals surface area contributed by atoms with Gasteiger partial charge < -0.3 is 4.74 Å². The van der Waals surface area contributed by atoms with E-state index in [-0.39, 0.29) is 0 Å². The lowest BCUT2D eigenvalue weighted by Crippen LogP contribution is -2.53. The van der Waals surface area contributed by atoms with Gasteiger partial charge in [0.15, 0.2) is 0 Å². The summed E-state index contributed by atoms with van der Waals surface area (Å²) < 4.78 is 5.36. The zero-order chi connectivity index (χ0) is 14.4. The number of fused-ring (bicyclic) bond motifs is 5. The molecule has 3 aliphatic rings. The predicted octanol–water partition coefficient (Wildman–Crippen LogP) is 3.13. The predicted molar refractivity (Wildman–Crippen MR) is 81.5 cm³/mol. The van der Waals surface area contributed by atoms with Gasteiger partial charge in [-0.3, -0.25) is 9.69 Å². The number of carbonyl (C=O) groups excluding carboxylic acids is 1. The van der Waals surface area contributed by atoms with E-state index in [0.29, 0.717) is 23.8 Å². The summed E-state index contributed by atoms with van der Waals surface area (Å²) in [6, 6.07) is 7.55. The summed E-state index contributed by atoms with van der Waals surface area (Å²) in [6.45, 7) is 1.10. The number of benzene rings is 1. The average Bonchev–Trinajstić information content (AvgIpc) is 2.54. The molecule has 0 spiro atoms.